The predicted octanol–water partition coefficient (Wildman–Crippen LogP) is 7.39. The van der Waals surface area contributed by atoms with Crippen molar-refractivity contribution in [2.45, 2.75) is 125 Å². The Morgan fingerprint density at radius 2 is 1.74 bits per heavy atom. The van der Waals surface area contributed by atoms with Crippen molar-refractivity contribution in [2.24, 2.45) is 51.2 Å². The van der Waals surface area contributed by atoms with Crippen molar-refractivity contribution in [3.05, 3.63) is 11.6 Å². The van der Waals surface area contributed by atoms with Gasteiger partial charge in [0.25, 0.3) is 0 Å². The number of allylic oxidation sites excluding steroid dienone is 1. The molecule has 2 N–H and O–H groups in total. The predicted molar refractivity (Wildman–Crippen MR) is 142 cm³/mol. The quantitative estimate of drug-likeness (QED) is 0.315. The van der Waals surface area contributed by atoms with Crippen LogP contribution in [0.25, 0.3) is 0 Å². The van der Waals surface area contributed by atoms with E-state index >= 15 is 0 Å². The van der Waals surface area contributed by atoms with Crippen molar-refractivity contribution < 1.29 is 10.2 Å². The van der Waals surface area contributed by atoms with E-state index in [9.17, 15) is 10.2 Å². The molecule has 2 nitrogen and oxygen atoms in total. The molecule has 9 atom stereocenters. The third-order valence-electron chi connectivity index (χ3n) is 12.2. The average Bonchev–Trinajstić information content (AvgIpc) is 3.10. The summed E-state index contributed by atoms with van der Waals surface area (Å²) in [5.74, 6) is 5.87. The summed E-state index contributed by atoms with van der Waals surface area (Å²) in [6.45, 7) is 16.7. The van der Waals surface area contributed by atoms with E-state index < -0.39 is 6.10 Å². The monoisotopic (exact) mass is 468 g/mol. The smallest absolute Gasteiger partial charge is 0.124 e. The first kappa shape index (κ1) is 26.3. The molecule has 3 fully saturated rings. The highest BCUT2D eigenvalue weighted by Gasteiger charge is 2.68. The van der Waals surface area contributed by atoms with Gasteiger partial charge in [-0.1, -0.05) is 85.3 Å². The summed E-state index contributed by atoms with van der Waals surface area (Å²) < 4.78 is 0. The molecular formula is C32H52O2. The summed E-state index contributed by atoms with van der Waals surface area (Å²) in [6.07, 6.45) is 19.1. The molecule has 4 aliphatic carbocycles. The Balaban J connectivity index is 1.72. The summed E-state index contributed by atoms with van der Waals surface area (Å²) in [5.41, 5.74) is 1.39. The van der Waals surface area contributed by atoms with Gasteiger partial charge in [0.1, 0.15) is 6.10 Å². The lowest BCUT2D eigenvalue weighted by atomic mass is 9.40. The van der Waals surface area contributed by atoms with Gasteiger partial charge in [0.15, 0.2) is 0 Å². The third kappa shape index (κ3) is 3.58. The van der Waals surface area contributed by atoms with Crippen molar-refractivity contribution in [1.82, 2.24) is 0 Å². The van der Waals surface area contributed by atoms with E-state index in [4.69, 9.17) is 6.42 Å². The summed E-state index contributed by atoms with van der Waals surface area (Å²) in [7, 11) is 0. The molecule has 0 aromatic rings. The van der Waals surface area contributed by atoms with Crippen molar-refractivity contribution in [3.63, 3.8) is 0 Å². The van der Waals surface area contributed by atoms with Gasteiger partial charge in [-0.05, 0) is 90.8 Å². The topological polar surface area (TPSA) is 40.5 Å². The molecule has 192 valence electrons. The Morgan fingerprint density at radius 3 is 2.38 bits per heavy atom. The average molecular weight is 469 g/mol. The Kier molecular flexibility index (Phi) is 6.92. The number of aliphatic hydroxyl groups excluding tert-OH is 2. The van der Waals surface area contributed by atoms with Crippen LogP contribution in [0.3, 0.4) is 0 Å². The molecule has 4 rings (SSSR count). The van der Waals surface area contributed by atoms with Crippen LogP contribution in [-0.4, -0.2) is 22.4 Å². The molecule has 0 unspecified atom stereocenters. The van der Waals surface area contributed by atoms with Crippen LogP contribution in [0.15, 0.2) is 11.6 Å². The molecule has 4 aliphatic rings. The molecule has 0 bridgehead atoms. The summed E-state index contributed by atoms with van der Waals surface area (Å²) >= 11 is 0. The first-order valence-electron chi connectivity index (χ1n) is 14.4. The zero-order chi connectivity index (χ0) is 25.1. The van der Waals surface area contributed by atoms with Crippen LogP contribution in [-0.2, 0) is 0 Å². The molecule has 0 heterocycles. The van der Waals surface area contributed by atoms with Crippen molar-refractivity contribution in [2.75, 3.05) is 0 Å². The molecule has 0 amide bonds. The lowest BCUT2D eigenvalue weighted by Gasteiger charge is -2.65. The highest BCUT2D eigenvalue weighted by molar-refractivity contribution is 5.37. The summed E-state index contributed by atoms with van der Waals surface area (Å²) in [4.78, 5) is 0. The SMILES string of the molecule is C#C[C@H](O)[C@@]12CC[C@H]([C@H](C)CCCC(C)C)[C@@]1(C)CC[C@H]1C2=CC[C@H]2C(C)(C)[C@@H](O)CC[C@]12C. The normalized spacial score (nSPS) is 44.9. The molecule has 0 spiro atoms. The van der Waals surface area contributed by atoms with E-state index in [-0.39, 0.29) is 27.8 Å². The number of aliphatic hydroxyl groups is 2. The Hall–Kier alpha value is -0.780. The summed E-state index contributed by atoms with van der Waals surface area (Å²) in [5, 5.41) is 22.5. The minimum atomic E-state index is -0.707. The van der Waals surface area contributed by atoms with Gasteiger partial charge in [-0.25, -0.2) is 0 Å². The van der Waals surface area contributed by atoms with Gasteiger partial charge >= 0.3 is 0 Å². The lowest BCUT2D eigenvalue weighted by Crippen LogP contribution is -2.60. The fourth-order valence-corrected chi connectivity index (χ4v) is 10.1. The standard InChI is InChI=1S/C32H52O2/c1-9-27(33)32-20-16-23(22(4)12-10-11-21(2)3)31(32,8)19-15-24-25(32)13-14-26-29(5,6)28(34)17-18-30(24,26)7/h1,13,21-24,26-28,33-34H,10-12,14-20H2,2-8H3/t22-,23-,24+,26+,27+,28+,30-,31-,32+/m1/s1. The molecule has 0 aromatic carbocycles. The highest BCUT2D eigenvalue weighted by atomic mass is 16.3. The number of rotatable bonds is 6. The van der Waals surface area contributed by atoms with E-state index in [1.165, 1.54) is 37.7 Å². The van der Waals surface area contributed by atoms with Crippen molar-refractivity contribution in [3.8, 4) is 12.3 Å². The largest absolute Gasteiger partial charge is 0.393 e. The first-order valence-corrected chi connectivity index (χ1v) is 14.4. The molecular weight excluding hydrogens is 416 g/mol. The molecule has 0 aliphatic heterocycles. The number of hydrogen-bond acceptors (Lipinski definition) is 2. The van der Waals surface area contributed by atoms with Crippen LogP contribution in [0.2, 0.25) is 0 Å². The highest BCUT2D eigenvalue weighted by Crippen LogP contribution is 2.74. The van der Waals surface area contributed by atoms with Gasteiger partial charge in [-0.3, -0.25) is 0 Å². The van der Waals surface area contributed by atoms with Crippen LogP contribution < -0.4 is 0 Å². The van der Waals surface area contributed by atoms with Crippen LogP contribution in [0.5, 0.6) is 0 Å². The molecule has 34 heavy (non-hydrogen) atoms. The van der Waals surface area contributed by atoms with Gasteiger partial charge in [0.2, 0.25) is 0 Å². The number of terminal acetylenes is 1. The maximum atomic E-state index is 11.6. The van der Waals surface area contributed by atoms with Gasteiger partial charge in [-0.2, -0.15) is 0 Å². The zero-order valence-electron chi connectivity index (χ0n) is 23.2. The van der Waals surface area contributed by atoms with E-state index in [0.29, 0.717) is 23.7 Å². The fraction of sp³-hybridized carbons (Fsp3) is 0.875. The second-order valence-electron chi connectivity index (χ2n) is 14.3. The van der Waals surface area contributed by atoms with Gasteiger partial charge in [0, 0.05) is 5.41 Å². The van der Waals surface area contributed by atoms with Crippen LogP contribution >= 0.6 is 0 Å². The maximum absolute atomic E-state index is 11.6. The van der Waals surface area contributed by atoms with Crippen LogP contribution in [0.1, 0.15) is 113 Å². The second-order valence-corrected chi connectivity index (χ2v) is 14.3. The van der Waals surface area contributed by atoms with E-state index in [1.807, 2.05) is 0 Å². The molecule has 0 saturated heterocycles. The van der Waals surface area contributed by atoms with Gasteiger partial charge < -0.3 is 10.2 Å². The van der Waals surface area contributed by atoms with Gasteiger partial charge in [-0.15, -0.1) is 6.42 Å². The van der Waals surface area contributed by atoms with Crippen LogP contribution in [0.4, 0.5) is 0 Å². The Labute approximate surface area is 210 Å². The maximum Gasteiger partial charge on any atom is 0.124 e. The van der Waals surface area contributed by atoms with Crippen molar-refractivity contribution in [1.29, 1.82) is 0 Å². The second kappa shape index (κ2) is 8.95. The number of fused-ring (bicyclic) bond motifs is 5. The lowest BCUT2D eigenvalue weighted by molar-refractivity contribution is -0.141. The Morgan fingerprint density at radius 1 is 1.03 bits per heavy atom. The van der Waals surface area contributed by atoms with E-state index in [1.54, 1.807) is 0 Å². The van der Waals surface area contributed by atoms with E-state index in [2.05, 4.69) is 60.5 Å². The number of hydrogen-bond donors (Lipinski definition) is 2. The first-order chi connectivity index (χ1) is 15.9. The molecule has 0 radical (unpaired) electrons. The summed E-state index contributed by atoms with van der Waals surface area (Å²) in [6, 6.07) is 0. The van der Waals surface area contributed by atoms with Crippen molar-refractivity contribution >= 4 is 0 Å². The molecule has 3 saturated carbocycles. The fourth-order valence-electron chi connectivity index (χ4n) is 10.1. The minimum absolute atomic E-state index is 0.0608. The Bertz CT molecular complexity index is 832. The van der Waals surface area contributed by atoms with E-state index in [0.717, 1.165) is 38.0 Å². The zero-order valence-corrected chi connectivity index (χ0v) is 23.2. The third-order valence-corrected chi connectivity index (χ3v) is 12.2. The molecule has 2 heteroatoms. The van der Waals surface area contributed by atoms with Crippen LogP contribution in [0, 0.1) is 63.6 Å². The molecule has 0 aromatic heterocycles. The minimum Gasteiger partial charge on any atom is -0.393 e. The van der Waals surface area contributed by atoms with Gasteiger partial charge in [0.05, 0.1) is 6.10 Å².